The van der Waals surface area contributed by atoms with Gasteiger partial charge < -0.3 is 14.7 Å². The van der Waals surface area contributed by atoms with Gasteiger partial charge in [0.25, 0.3) is 0 Å². The molecule has 1 rings (SSSR count). The maximum Gasteiger partial charge on any atom is 0.308 e. The van der Waals surface area contributed by atoms with Crippen molar-refractivity contribution in [2.75, 3.05) is 26.3 Å². The van der Waals surface area contributed by atoms with Crippen molar-refractivity contribution in [2.24, 2.45) is 5.92 Å². The van der Waals surface area contributed by atoms with Gasteiger partial charge in [-0.1, -0.05) is 6.92 Å². The minimum absolute atomic E-state index is 0.0394. The smallest absolute Gasteiger partial charge is 0.308 e. The standard InChI is InChI=1S/C11H19NO4/c1-2-6-16-7-5-12-8-9(11(14)15)3-4-10(12)13/h9H,2-8H2,1H3,(H,14,15). The van der Waals surface area contributed by atoms with Gasteiger partial charge in [0.1, 0.15) is 0 Å². The van der Waals surface area contributed by atoms with Crippen molar-refractivity contribution in [2.45, 2.75) is 26.2 Å². The maximum atomic E-state index is 11.5. The van der Waals surface area contributed by atoms with Gasteiger partial charge >= 0.3 is 5.97 Å². The van der Waals surface area contributed by atoms with Gasteiger partial charge in [-0.3, -0.25) is 9.59 Å². The van der Waals surface area contributed by atoms with Crippen LogP contribution in [0.25, 0.3) is 0 Å². The van der Waals surface area contributed by atoms with Gasteiger partial charge in [-0.25, -0.2) is 0 Å². The molecule has 0 bridgehead atoms. The summed E-state index contributed by atoms with van der Waals surface area (Å²) in [5, 5.41) is 8.88. The van der Waals surface area contributed by atoms with Crippen LogP contribution >= 0.6 is 0 Å². The number of carboxylic acid groups (broad SMARTS) is 1. The number of ether oxygens (including phenoxy) is 1. The number of aliphatic carboxylic acids is 1. The van der Waals surface area contributed by atoms with E-state index in [1.807, 2.05) is 6.92 Å². The Morgan fingerprint density at radius 1 is 1.56 bits per heavy atom. The predicted octanol–water partition coefficient (Wildman–Crippen LogP) is 0.736. The highest BCUT2D eigenvalue weighted by atomic mass is 16.5. The van der Waals surface area contributed by atoms with Crippen LogP contribution in [-0.4, -0.2) is 48.2 Å². The highest BCUT2D eigenvalue weighted by Gasteiger charge is 2.29. The van der Waals surface area contributed by atoms with E-state index in [9.17, 15) is 9.59 Å². The van der Waals surface area contributed by atoms with Gasteiger partial charge in [0.2, 0.25) is 5.91 Å². The van der Waals surface area contributed by atoms with E-state index in [0.717, 1.165) is 6.42 Å². The summed E-state index contributed by atoms with van der Waals surface area (Å²) < 4.78 is 5.29. The second-order valence-electron chi connectivity index (χ2n) is 4.03. The summed E-state index contributed by atoms with van der Waals surface area (Å²) in [6.45, 7) is 4.02. The molecular formula is C11H19NO4. The molecule has 1 heterocycles. The third-order valence-electron chi connectivity index (χ3n) is 2.70. The highest BCUT2D eigenvalue weighted by molar-refractivity contribution is 5.80. The van der Waals surface area contributed by atoms with Crippen molar-refractivity contribution in [3.8, 4) is 0 Å². The van der Waals surface area contributed by atoms with Gasteiger partial charge in [-0.05, 0) is 12.8 Å². The minimum atomic E-state index is -0.813. The molecule has 5 nitrogen and oxygen atoms in total. The molecule has 1 atom stereocenters. The zero-order chi connectivity index (χ0) is 12.0. The third kappa shape index (κ3) is 3.81. The molecule has 1 aliphatic heterocycles. The summed E-state index contributed by atoms with van der Waals surface area (Å²) in [5.41, 5.74) is 0. The van der Waals surface area contributed by atoms with E-state index >= 15 is 0 Å². The number of carbonyl (C=O) groups excluding carboxylic acids is 1. The van der Waals surface area contributed by atoms with Gasteiger partial charge in [0.05, 0.1) is 12.5 Å². The molecule has 1 saturated heterocycles. The Morgan fingerprint density at radius 3 is 2.94 bits per heavy atom. The lowest BCUT2D eigenvalue weighted by molar-refractivity contribution is -0.147. The van der Waals surface area contributed by atoms with Crippen molar-refractivity contribution in [3.63, 3.8) is 0 Å². The molecule has 0 aromatic carbocycles. The molecule has 1 unspecified atom stereocenters. The lowest BCUT2D eigenvalue weighted by Gasteiger charge is -2.30. The summed E-state index contributed by atoms with van der Waals surface area (Å²) >= 11 is 0. The van der Waals surface area contributed by atoms with Gasteiger partial charge in [0, 0.05) is 26.1 Å². The van der Waals surface area contributed by atoms with Crippen LogP contribution in [-0.2, 0) is 14.3 Å². The first-order valence-corrected chi connectivity index (χ1v) is 5.73. The zero-order valence-electron chi connectivity index (χ0n) is 9.65. The van der Waals surface area contributed by atoms with Crippen LogP contribution in [0.1, 0.15) is 26.2 Å². The molecule has 1 aliphatic rings. The van der Waals surface area contributed by atoms with Crippen LogP contribution < -0.4 is 0 Å². The first kappa shape index (κ1) is 13.0. The average molecular weight is 229 g/mol. The van der Waals surface area contributed by atoms with E-state index < -0.39 is 11.9 Å². The number of carbonyl (C=O) groups is 2. The summed E-state index contributed by atoms with van der Waals surface area (Å²) in [5.74, 6) is -1.19. The molecule has 1 fully saturated rings. The second-order valence-corrected chi connectivity index (χ2v) is 4.03. The van der Waals surface area contributed by atoms with Gasteiger partial charge in [-0.2, -0.15) is 0 Å². The Hall–Kier alpha value is -1.10. The first-order chi connectivity index (χ1) is 7.65. The summed E-state index contributed by atoms with van der Waals surface area (Å²) in [7, 11) is 0. The number of rotatable bonds is 6. The second kappa shape index (κ2) is 6.48. The molecule has 5 heteroatoms. The Kier molecular flexibility index (Phi) is 5.25. The zero-order valence-corrected chi connectivity index (χ0v) is 9.65. The molecule has 0 radical (unpaired) electrons. The SMILES string of the molecule is CCCOCCN1CC(C(=O)O)CCC1=O. The molecule has 1 N–H and O–H groups in total. The number of piperidine rings is 1. The number of amides is 1. The number of hydrogen-bond acceptors (Lipinski definition) is 3. The lowest BCUT2D eigenvalue weighted by atomic mass is 9.98. The van der Waals surface area contributed by atoms with Crippen LogP contribution in [0.4, 0.5) is 0 Å². The number of hydrogen-bond donors (Lipinski definition) is 1. The molecule has 16 heavy (non-hydrogen) atoms. The fraction of sp³-hybridized carbons (Fsp3) is 0.818. The fourth-order valence-corrected chi connectivity index (χ4v) is 1.75. The highest BCUT2D eigenvalue weighted by Crippen LogP contribution is 2.17. The molecule has 0 aliphatic carbocycles. The normalized spacial score (nSPS) is 21.2. The van der Waals surface area contributed by atoms with Crippen molar-refractivity contribution in [3.05, 3.63) is 0 Å². The van der Waals surface area contributed by atoms with Crippen LogP contribution in [0.15, 0.2) is 0 Å². The monoisotopic (exact) mass is 229 g/mol. The van der Waals surface area contributed by atoms with E-state index in [4.69, 9.17) is 9.84 Å². The van der Waals surface area contributed by atoms with Crippen LogP contribution in [0.3, 0.4) is 0 Å². The largest absolute Gasteiger partial charge is 0.481 e. The maximum absolute atomic E-state index is 11.5. The average Bonchev–Trinajstić information content (AvgIpc) is 2.26. The first-order valence-electron chi connectivity index (χ1n) is 5.73. The number of carboxylic acids is 1. The predicted molar refractivity (Wildman–Crippen MR) is 58.0 cm³/mol. The number of likely N-dealkylation sites (tertiary alicyclic amines) is 1. The minimum Gasteiger partial charge on any atom is -0.481 e. The molecule has 0 aromatic heterocycles. The number of nitrogens with zero attached hydrogens (tertiary/aromatic N) is 1. The van der Waals surface area contributed by atoms with E-state index in [0.29, 0.717) is 39.1 Å². The van der Waals surface area contributed by atoms with Gasteiger partial charge in [-0.15, -0.1) is 0 Å². The molecule has 1 amide bonds. The van der Waals surface area contributed by atoms with Crippen molar-refractivity contribution in [1.29, 1.82) is 0 Å². The topological polar surface area (TPSA) is 66.8 Å². The third-order valence-corrected chi connectivity index (χ3v) is 2.70. The van der Waals surface area contributed by atoms with E-state index in [1.54, 1.807) is 4.90 Å². The Bertz CT molecular complexity index is 254. The quantitative estimate of drug-likeness (QED) is 0.682. The molecule has 0 aromatic rings. The Balaban J connectivity index is 2.32. The van der Waals surface area contributed by atoms with Crippen molar-refractivity contribution >= 4 is 11.9 Å². The van der Waals surface area contributed by atoms with Crippen molar-refractivity contribution in [1.82, 2.24) is 4.90 Å². The van der Waals surface area contributed by atoms with Gasteiger partial charge in [0.15, 0.2) is 0 Å². The van der Waals surface area contributed by atoms with E-state index in [1.165, 1.54) is 0 Å². The van der Waals surface area contributed by atoms with Crippen LogP contribution in [0, 0.1) is 5.92 Å². The Morgan fingerprint density at radius 2 is 2.31 bits per heavy atom. The molecule has 0 saturated carbocycles. The summed E-state index contributed by atoms with van der Waals surface area (Å²) in [4.78, 5) is 23.9. The molecule has 0 spiro atoms. The molecule has 92 valence electrons. The lowest BCUT2D eigenvalue weighted by Crippen LogP contribution is -2.44. The van der Waals surface area contributed by atoms with E-state index in [2.05, 4.69) is 0 Å². The van der Waals surface area contributed by atoms with Crippen LogP contribution in [0.2, 0.25) is 0 Å². The van der Waals surface area contributed by atoms with Crippen molar-refractivity contribution < 1.29 is 19.4 Å². The summed E-state index contributed by atoms with van der Waals surface area (Å²) in [6, 6.07) is 0. The molecular weight excluding hydrogens is 210 g/mol. The Labute approximate surface area is 95.4 Å². The van der Waals surface area contributed by atoms with Crippen LogP contribution in [0.5, 0.6) is 0 Å². The van der Waals surface area contributed by atoms with E-state index in [-0.39, 0.29) is 5.91 Å². The fourth-order valence-electron chi connectivity index (χ4n) is 1.75. The summed E-state index contributed by atoms with van der Waals surface area (Å²) in [6.07, 6.45) is 1.75.